The molecule has 1 unspecified atom stereocenters. The van der Waals surface area contributed by atoms with Crippen LogP contribution in [0.15, 0.2) is 18.2 Å². The number of amides is 1. The standard InChI is InChI=1S/C19H25N3OS.ClH/c1-18(2,3)17-22-14-5-4-12(10-15(14)24-17)21-16(23)13-11-19(13)6-8-20-9-7-19;/h4-5,10,13,20H,6-9,11H2,1-3H3,(H,21,23);1H. The van der Waals surface area contributed by atoms with Gasteiger partial charge in [-0.2, -0.15) is 0 Å². The highest BCUT2D eigenvalue weighted by Gasteiger charge is 2.57. The number of fused-ring (bicyclic) bond motifs is 1. The summed E-state index contributed by atoms with van der Waals surface area (Å²) in [6.07, 6.45) is 3.32. The molecule has 1 atom stereocenters. The maximum Gasteiger partial charge on any atom is 0.228 e. The highest BCUT2D eigenvalue weighted by atomic mass is 35.5. The van der Waals surface area contributed by atoms with Crippen LogP contribution in [0.2, 0.25) is 0 Å². The first kappa shape index (κ1) is 18.6. The van der Waals surface area contributed by atoms with Gasteiger partial charge in [-0.15, -0.1) is 23.7 Å². The number of aromatic nitrogens is 1. The lowest BCUT2D eigenvalue weighted by molar-refractivity contribution is -0.118. The minimum atomic E-state index is 0. The predicted octanol–water partition coefficient (Wildman–Crippen LogP) is 4.34. The summed E-state index contributed by atoms with van der Waals surface area (Å²) in [5, 5.41) is 7.66. The smallest absolute Gasteiger partial charge is 0.228 e. The summed E-state index contributed by atoms with van der Waals surface area (Å²) in [4.78, 5) is 17.3. The quantitative estimate of drug-likeness (QED) is 0.815. The second kappa shape index (κ2) is 6.53. The van der Waals surface area contributed by atoms with Crippen molar-refractivity contribution >= 4 is 45.6 Å². The molecule has 2 fully saturated rings. The molecule has 0 bridgehead atoms. The van der Waals surface area contributed by atoms with Gasteiger partial charge in [-0.05, 0) is 56.0 Å². The van der Waals surface area contributed by atoms with Crippen molar-refractivity contribution in [1.82, 2.24) is 10.3 Å². The van der Waals surface area contributed by atoms with Gasteiger partial charge in [0, 0.05) is 17.0 Å². The van der Waals surface area contributed by atoms with E-state index in [0.717, 1.165) is 53.3 Å². The molecule has 25 heavy (non-hydrogen) atoms. The fraction of sp³-hybridized carbons (Fsp3) is 0.579. The average Bonchev–Trinajstić information content (AvgIpc) is 3.04. The molecule has 1 aliphatic carbocycles. The number of hydrogen-bond donors (Lipinski definition) is 2. The SMILES string of the molecule is CC(C)(C)c1nc2ccc(NC(=O)C3CC34CCNCC4)cc2s1.Cl. The van der Waals surface area contributed by atoms with Gasteiger partial charge in [0.2, 0.25) is 5.91 Å². The van der Waals surface area contributed by atoms with Gasteiger partial charge < -0.3 is 10.6 Å². The molecule has 1 aromatic carbocycles. The number of carbonyl (C=O) groups is 1. The number of anilines is 1. The molecule has 1 aromatic heterocycles. The Balaban J connectivity index is 0.00000182. The molecule has 2 N–H and O–H groups in total. The van der Waals surface area contributed by atoms with Gasteiger partial charge in [0.25, 0.3) is 0 Å². The molecular formula is C19H26ClN3OS. The number of nitrogens with one attached hydrogen (secondary N) is 2. The van der Waals surface area contributed by atoms with E-state index >= 15 is 0 Å². The number of halogens is 1. The van der Waals surface area contributed by atoms with Crippen molar-refractivity contribution in [2.45, 2.75) is 45.4 Å². The van der Waals surface area contributed by atoms with Gasteiger partial charge in [-0.25, -0.2) is 4.98 Å². The van der Waals surface area contributed by atoms with E-state index in [1.807, 2.05) is 12.1 Å². The maximum absolute atomic E-state index is 12.6. The van der Waals surface area contributed by atoms with Crippen LogP contribution in [-0.4, -0.2) is 24.0 Å². The Morgan fingerprint density at radius 1 is 1.32 bits per heavy atom. The lowest BCUT2D eigenvalue weighted by atomic mass is 9.92. The Labute approximate surface area is 159 Å². The van der Waals surface area contributed by atoms with Crippen LogP contribution in [-0.2, 0) is 10.2 Å². The highest BCUT2D eigenvalue weighted by molar-refractivity contribution is 7.18. The normalized spacial score (nSPS) is 21.8. The molecular weight excluding hydrogens is 354 g/mol. The van der Waals surface area contributed by atoms with Crippen molar-refractivity contribution in [3.05, 3.63) is 23.2 Å². The van der Waals surface area contributed by atoms with Crippen LogP contribution < -0.4 is 10.6 Å². The van der Waals surface area contributed by atoms with Crippen LogP contribution in [0.1, 0.15) is 45.0 Å². The molecule has 2 heterocycles. The Bertz CT molecular complexity index is 790. The van der Waals surface area contributed by atoms with Crippen LogP contribution in [0.5, 0.6) is 0 Å². The number of hydrogen-bond acceptors (Lipinski definition) is 4. The number of carbonyl (C=O) groups excluding carboxylic acids is 1. The number of benzene rings is 1. The van der Waals surface area contributed by atoms with Crippen molar-refractivity contribution in [1.29, 1.82) is 0 Å². The third kappa shape index (κ3) is 3.55. The van der Waals surface area contributed by atoms with Crippen molar-refractivity contribution < 1.29 is 4.79 Å². The highest BCUT2D eigenvalue weighted by Crippen LogP contribution is 2.58. The Hall–Kier alpha value is -1.17. The Morgan fingerprint density at radius 3 is 2.72 bits per heavy atom. The van der Waals surface area contributed by atoms with Gasteiger partial charge in [-0.1, -0.05) is 20.8 Å². The third-order valence-corrected chi connectivity index (χ3v) is 6.85. The molecule has 4 nitrogen and oxygen atoms in total. The molecule has 2 aliphatic rings. The van der Waals surface area contributed by atoms with E-state index < -0.39 is 0 Å². The molecule has 2 aromatic rings. The molecule has 1 amide bonds. The van der Waals surface area contributed by atoms with E-state index in [2.05, 4.69) is 37.5 Å². The number of nitrogens with zero attached hydrogens (tertiary/aromatic N) is 1. The molecule has 1 saturated carbocycles. The second-order valence-corrected chi connectivity index (χ2v) is 9.34. The predicted molar refractivity (Wildman–Crippen MR) is 107 cm³/mol. The summed E-state index contributed by atoms with van der Waals surface area (Å²) in [5.41, 5.74) is 2.25. The fourth-order valence-electron chi connectivity index (χ4n) is 3.75. The molecule has 4 rings (SSSR count). The molecule has 1 spiro atoms. The maximum atomic E-state index is 12.6. The minimum absolute atomic E-state index is 0. The average molecular weight is 380 g/mol. The topological polar surface area (TPSA) is 54.0 Å². The van der Waals surface area contributed by atoms with Gasteiger partial charge in [0.1, 0.15) is 0 Å². The van der Waals surface area contributed by atoms with Crippen molar-refractivity contribution in [3.8, 4) is 0 Å². The van der Waals surface area contributed by atoms with Gasteiger partial charge in [0.15, 0.2) is 0 Å². The van der Waals surface area contributed by atoms with E-state index in [1.54, 1.807) is 11.3 Å². The first-order chi connectivity index (χ1) is 11.4. The zero-order valence-electron chi connectivity index (χ0n) is 15.0. The van der Waals surface area contributed by atoms with Crippen molar-refractivity contribution in [3.63, 3.8) is 0 Å². The van der Waals surface area contributed by atoms with Gasteiger partial charge in [0.05, 0.1) is 15.2 Å². The molecule has 136 valence electrons. The van der Waals surface area contributed by atoms with Crippen LogP contribution >= 0.6 is 23.7 Å². The zero-order valence-corrected chi connectivity index (χ0v) is 16.6. The third-order valence-electron chi connectivity index (χ3n) is 5.40. The van der Waals surface area contributed by atoms with Crippen molar-refractivity contribution in [2.75, 3.05) is 18.4 Å². The lowest BCUT2D eigenvalue weighted by Crippen LogP contribution is -2.31. The first-order valence-corrected chi connectivity index (χ1v) is 9.62. The summed E-state index contributed by atoms with van der Waals surface area (Å²) in [7, 11) is 0. The Morgan fingerprint density at radius 2 is 2.04 bits per heavy atom. The van der Waals surface area contributed by atoms with Crippen molar-refractivity contribution in [2.24, 2.45) is 11.3 Å². The largest absolute Gasteiger partial charge is 0.326 e. The van der Waals surface area contributed by atoms with Crippen LogP contribution in [0.4, 0.5) is 5.69 Å². The fourth-order valence-corrected chi connectivity index (χ4v) is 4.81. The zero-order chi connectivity index (χ0) is 16.9. The van der Waals surface area contributed by atoms with Gasteiger partial charge >= 0.3 is 0 Å². The monoisotopic (exact) mass is 379 g/mol. The van der Waals surface area contributed by atoms with Crippen LogP contribution in [0.3, 0.4) is 0 Å². The summed E-state index contributed by atoms with van der Waals surface area (Å²) < 4.78 is 1.14. The summed E-state index contributed by atoms with van der Waals surface area (Å²) in [6, 6.07) is 6.06. The van der Waals surface area contributed by atoms with E-state index in [4.69, 9.17) is 4.98 Å². The summed E-state index contributed by atoms with van der Waals surface area (Å²) >= 11 is 1.72. The molecule has 6 heteroatoms. The minimum Gasteiger partial charge on any atom is -0.326 e. The molecule has 0 radical (unpaired) electrons. The van der Waals surface area contributed by atoms with E-state index in [0.29, 0.717) is 0 Å². The van der Waals surface area contributed by atoms with E-state index in [9.17, 15) is 4.79 Å². The van der Waals surface area contributed by atoms with E-state index in [1.165, 1.54) is 0 Å². The first-order valence-electron chi connectivity index (χ1n) is 8.80. The molecule has 1 aliphatic heterocycles. The number of thiazole rings is 1. The Kier molecular flexibility index (Phi) is 4.86. The van der Waals surface area contributed by atoms with Gasteiger partial charge in [-0.3, -0.25) is 4.79 Å². The lowest BCUT2D eigenvalue weighted by Gasteiger charge is -2.23. The number of rotatable bonds is 2. The second-order valence-electron chi connectivity index (χ2n) is 8.31. The van der Waals surface area contributed by atoms with E-state index in [-0.39, 0.29) is 35.1 Å². The van der Waals surface area contributed by atoms with Crippen LogP contribution in [0.25, 0.3) is 10.2 Å². The van der Waals surface area contributed by atoms with Crippen LogP contribution in [0, 0.1) is 11.3 Å². The summed E-state index contributed by atoms with van der Waals surface area (Å²) in [5.74, 6) is 0.388. The summed E-state index contributed by atoms with van der Waals surface area (Å²) in [6.45, 7) is 8.63. The molecule has 1 saturated heterocycles. The number of piperidine rings is 1.